The number of rotatable bonds is 3. The number of benzene rings is 2. The average molecular weight is 394 g/mol. The molecule has 0 saturated carbocycles. The molecule has 0 radical (unpaired) electrons. The molecular weight excluding hydrogens is 374 g/mol. The van der Waals surface area contributed by atoms with E-state index in [9.17, 15) is 22.0 Å². The Labute approximate surface area is 157 Å². The maximum absolute atomic E-state index is 13.4. The number of piperazine rings is 1. The molecule has 0 atom stereocenters. The molecule has 8 heteroatoms. The van der Waals surface area contributed by atoms with Gasteiger partial charge in [-0.3, -0.25) is 4.79 Å². The zero-order valence-corrected chi connectivity index (χ0v) is 15.9. The summed E-state index contributed by atoms with van der Waals surface area (Å²) in [6, 6.07) is 8.08. The second kappa shape index (κ2) is 7.36. The van der Waals surface area contributed by atoms with Gasteiger partial charge >= 0.3 is 0 Å². The van der Waals surface area contributed by atoms with E-state index < -0.39 is 21.7 Å². The van der Waals surface area contributed by atoms with Crippen molar-refractivity contribution >= 4 is 15.9 Å². The minimum Gasteiger partial charge on any atom is -0.336 e. The Hall–Kier alpha value is -2.32. The quantitative estimate of drug-likeness (QED) is 0.804. The molecule has 0 aromatic heterocycles. The minimum absolute atomic E-state index is 0.0952. The van der Waals surface area contributed by atoms with Crippen LogP contribution in [0.2, 0.25) is 0 Å². The smallest absolute Gasteiger partial charge is 0.254 e. The molecule has 3 rings (SSSR count). The fraction of sp³-hybridized carbons (Fsp3) is 0.316. The van der Waals surface area contributed by atoms with Crippen molar-refractivity contribution in [1.29, 1.82) is 0 Å². The van der Waals surface area contributed by atoms with Crippen LogP contribution in [0.5, 0.6) is 0 Å². The fourth-order valence-corrected chi connectivity index (χ4v) is 4.58. The van der Waals surface area contributed by atoms with Crippen LogP contribution in [-0.4, -0.2) is 49.7 Å². The van der Waals surface area contributed by atoms with Gasteiger partial charge in [-0.05, 0) is 43.7 Å². The minimum atomic E-state index is -3.94. The summed E-state index contributed by atoms with van der Waals surface area (Å²) in [5, 5.41) is 0. The van der Waals surface area contributed by atoms with Crippen LogP contribution < -0.4 is 0 Å². The summed E-state index contributed by atoms with van der Waals surface area (Å²) < 4.78 is 52.9. The van der Waals surface area contributed by atoms with Gasteiger partial charge in [-0.15, -0.1) is 0 Å². The van der Waals surface area contributed by atoms with Crippen LogP contribution in [0.1, 0.15) is 21.5 Å². The largest absolute Gasteiger partial charge is 0.336 e. The van der Waals surface area contributed by atoms with E-state index in [1.807, 2.05) is 26.0 Å². The van der Waals surface area contributed by atoms with Gasteiger partial charge in [0.25, 0.3) is 5.91 Å². The van der Waals surface area contributed by atoms with Crippen molar-refractivity contribution in [1.82, 2.24) is 9.21 Å². The topological polar surface area (TPSA) is 57.7 Å². The van der Waals surface area contributed by atoms with E-state index in [1.165, 1.54) is 4.31 Å². The van der Waals surface area contributed by atoms with Gasteiger partial charge in [0.05, 0.1) is 4.90 Å². The number of aryl methyl sites for hydroxylation is 2. The van der Waals surface area contributed by atoms with Crippen LogP contribution in [0.3, 0.4) is 0 Å². The number of nitrogens with zero attached hydrogens (tertiary/aromatic N) is 2. The summed E-state index contributed by atoms with van der Waals surface area (Å²) in [6.07, 6.45) is 0. The Morgan fingerprint density at radius 2 is 1.59 bits per heavy atom. The highest BCUT2D eigenvalue weighted by Crippen LogP contribution is 2.21. The molecular formula is C19H20F2N2O3S. The molecule has 2 aromatic carbocycles. The van der Waals surface area contributed by atoms with Crippen LogP contribution >= 0.6 is 0 Å². The number of hydrogen-bond donors (Lipinski definition) is 0. The van der Waals surface area contributed by atoms with Crippen molar-refractivity contribution in [3.63, 3.8) is 0 Å². The molecule has 0 unspecified atom stereocenters. The molecule has 5 nitrogen and oxygen atoms in total. The van der Waals surface area contributed by atoms with E-state index in [1.54, 1.807) is 11.0 Å². The van der Waals surface area contributed by atoms with E-state index in [2.05, 4.69) is 0 Å². The summed E-state index contributed by atoms with van der Waals surface area (Å²) in [4.78, 5) is 14.0. The number of hydrogen-bond acceptors (Lipinski definition) is 3. The molecule has 1 aliphatic heterocycles. The first-order chi connectivity index (χ1) is 12.7. The molecule has 1 aliphatic rings. The molecule has 1 saturated heterocycles. The van der Waals surface area contributed by atoms with E-state index in [0.717, 1.165) is 23.3 Å². The lowest BCUT2D eigenvalue weighted by Crippen LogP contribution is -2.50. The Kier molecular flexibility index (Phi) is 5.30. The summed E-state index contributed by atoms with van der Waals surface area (Å²) in [5.41, 5.74) is 2.53. The van der Waals surface area contributed by atoms with Crippen molar-refractivity contribution in [2.45, 2.75) is 18.7 Å². The van der Waals surface area contributed by atoms with Gasteiger partial charge < -0.3 is 4.90 Å². The summed E-state index contributed by atoms with van der Waals surface area (Å²) in [6.45, 7) is 4.47. The molecule has 1 heterocycles. The molecule has 27 heavy (non-hydrogen) atoms. The van der Waals surface area contributed by atoms with Crippen LogP contribution in [0.15, 0.2) is 41.3 Å². The third-order valence-corrected chi connectivity index (χ3v) is 6.56. The van der Waals surface area contributed by atoms with Crippen molar-refractivity contribution < 1.29 is 22.0 Å². The maximum atomic E-state index is 13.4. The summed E-state index contributed by atoms with van der Waals surface area (Å²) in [5.74, 6) is -2.45. The highest BCUT2D eigenvalue weighted by Gasteiger charge is 2.31. The highest BCUT2D eigenvalue weighted by molar-refractivity contribution is 7.89. The predicted octanol–water partition coefficient (Wildman–Crippen LogP) is 2.73. The van der Waals surface area contributed by atoms with Crippen LogP contribution in [-0.2, 0) is 10.0 Å². The summed E-state index contributed by atoms with van der Waals surface area (Å²) >= 11 is 0. The van der Waals surface area contributed by atoms with E-state index in [-0.39, 0.29) is 37.0 Å². The Morgan fingerprint density at radius 3 is 2.19 bits per heavy atom. The normalized spacial score (nSPS) is 15.8. The average Bonchev–Trinajstić information content (AvgIpc) is 2.63. The molecule has 0 N–H and O–H groups in total. The van der Waals surface area contributed by atoms with Gasteiger partial charge in [0.1, 0.15) is 0 Å². The van der Waals surface area contributed by atoms with Crippen molar-refractivity contribution in [3.8, 4) is 0 Å². The molecule has 0 aliphatic carbocycles. The molecule has 0 bridgehead atoms. The number of amides is 1. The van der Waals surface area contributed by atoms with Gasteiger partial charge in [-0.25, -0.2) is 17.2 Å². The van der Waals surface area contributed by atoms with E-state index >= 15 is 0 Å². The first kappa shape index (κ1) is 19.4. The highest BCUT2D eigenvalue weighted by atomic mass is 32.2. The van der Waals surface area contributed by atoms with Crippen LogP contribution in [0, 0.1) is 25.5 Å². The van der Waals surface area contributed by atoms with Crippen LogP contribution in [0.4, 0.5) is 8.78 Å². The second-order valence-electron chi connectivity index (χ2n) is 6.59. The molecule has 2 aromatic rings. The van der Waals surface area contributed by atoms with Gasteiger partial charge in [0, 0.05) is 31.7 Å². The van der Waals surface area contributed by atoms with Crippen LogP contribution in [0.25, 0.3) is 0 Å². The SMILES string of the molecule is Cc1ccc(C(=O)N2CCN(S(=O)(=O)c3ccc(F)c(F)c3)CC2)c(C)c1. The van der Waals surface area contributed by atoms with Gasteiger partial charge in [-0.2, -0.15) is 4.31 Å². The molecule has 144 valence electrons. The number of halogens is 2. The zero-order valence-electron chi connectivity index (χ0n) is 15.1. The number of carbonyl (C=O) groups excluding carboxylic acids is 1. The third-order valence-electron chi connectivity index (χ3n) is 4.67. The maximum Gasteiger partial charge on any atom is 0.254 e. The Morgan fingerprint density at radius 1 is 0.926 bits per heavy atom. The Balaban J connectivity index is 1.72. The standard InChI is InChI=1S/C19H20F2N2O3S/c1-13-3-5-16(14(2)11-13)19(24)22-7-9-23(10-8-22)27(25,26)15-4-6-17(20)18(21)12-15/h3-6,11-12H,7-10H2,1-2H3. The molecule has 1 amide bonds. The van der Waals surface area contributed by atoms with Crippen molar-refractivity contribution in [3.05, 3.63) is 64.7 Å². The van der Waals surface area contributed by atoms with E-state index in [0.29, 0.717) is 11.6 Å². The number of sulfonamides is 1. The molecule has 0 spiro atoms. The van der Waals surface area contributed by atoms with Gasteiger partial charge in [-0.1, -0.05) is 17.7 Å². The molecule has 1 fully saturated rings. The first-order valence-corrected chi connectivity index (χ1v) is 9.96. The second-order valence-corrected chi connectivity index (χ2v) is 8.53. The van der Waals surface area contributed by atoms with Gasteiger partial charge in [0.15, 0.2) is 11.6 Å². The van der Waals surface area contributed by atoms with E-state index in [4.69, 9.17) is 0 Å². The number of carbonyl (C=O) groups is 1. The predicted molar refractivity (Wildman–Crippen MR) is 96.9 cm³/mol. The third kappa shape index (κ3) is 3.86. The zero-order chi connectivity index (χ0) is 19.8. The monoisotopic (exact) mass is 394 g/mol. The van der Waals surface area contributed by atoms with Crippen molar-refractivity contribution in [2.24, 2.45) is 0 Å². The Bertz CT molecular complexity index is 984. The van der Waals surface area contributed by atoms with Gasteiger partial charge in [0.2, 0.25) is 10.0 Å². The lowest BCUT2D eigenvalue weighted by molar-refractivity contribution is 0.0697. The first-order valence-electron chi connectivity index (χ1n) is 8.52. The summed E-state index contributed by atoms with van der Waals surface area (Å²) in [7, 11) is -3.94. The van der Waals surface area contributed by atoms with Crippen molar-refractivity contribution in [2.75, 3.05) is 26.2 Å². The lowest BCUT2D eigenvalue weighted by atomic mass is 10.0. The fourth-order valence-electron chi connectivity index (χ4n) is 3.14. The lowest BCUT2D eigenvalue weighted by Gasteiger charge is -2.34.